The van der Waals surface area contributed by atoms with E-state index in [4.69, 9.17) is 9.73 Å². The lowest BCUT2D eigenvalue weighted by Gasteiger charge is -2.36. The Morgan fingerprint density at radius 2 is 1.82 bits per heavy atom. The van der Waals surface area contributed by atoms with Crippen molar-refractivity contribution in [3.05, 3.63) is 0 Å². The first-order valence-electron chi connectivity index (χ1n) is 11.0. The van der Waals surface area contributed by atoms with Crippen molar-refractivity contribution in [2.24, 2.45) is 10.9 Å². The maximum absolute atomic E-state index is 12.0. The molecular formula is C20H38N6O2. The van der Waals surface area contributed by atoms with Crippen LogP contribution >= 0.6 is 0 Å². The number of carbonyl (C=O) groups excluding carboxylic acids is 1. The van der Waals surface area contributed by atoms with Crippen LogP contribution in [0.4, 0.5) is 0 Å². The molecule has 3 aliphatic rings. The van der Waals surface area contributed by atoms with Crippen LogP contribution in [0.2, 0.25) is 0 Å². The Kier molecular flexibility index (Phi) is 8.36. The zero-order chi connectivity index (χ0) is 19.8. The fraction of sp³-hybridized carbons (Fsp3) is 0.900. The minimum absolute atomic E-state index is 0.175. The lowest BCUT2D eigenvalue weighted by molar-refractivity contribution is -0.122. The van der Waals surface area contributed by atoms with E-state index in [1.165, 1.54) is 0 Å². The van der Waals surface area contributed by atoms with Crippen molar-refractivity contribution in [1.29, 1.82) is 0 Å². The second-order valence-corrected chi connectivity index (χ2v) is 8.32. The van der Waals surface area contributed by atoms with Gasteiger partial charge in [0.15, 0.2) is 5.96 Å². The van der Waals surface area contributed by atoms with E-state index in [1.54, 1.807) is 0 Å². The molecule has 1 aliphatic carbocycles. The predicted molar refractivity (Wildman–Crippen MR) is 112 cm³/mol. The predicted octanol–water partition coefficient (Wildman–Crippen LogP) is -0.184. The summed E-state index contributed by atoms with van der Waals surface area (Å²) in [7, 11) is 0. The van der Waals surface area contributed by atoms with Gasteiger partial charge in [0.05, 0.1) is 19.8 Å². The number of hydrogen-bond donors (Lipinski definition) is 2. The van der Waals surface area contributed by atoms with Crippen molar-refractivity contribution in [3.8, 4) is 0 Å². The number of nitrogens with zero attached hydrogens (tertiary/aromatic N) is 4. The third-order valence-corrected chi connectivity index (χ3v) is 5.54. The van der Waals surface area contributed by atoms with Gasteiger partial charge in [-0.15, -0.1) is 0 Å². The Morgan fingerprint density at radius 3 is 2.46 bits per heavy atom. The summed E-state index contributed by atoms with van der Waals surface area (Å²) in [5.41, 5.74) is 0. The Labute approximate surface area is 169 Å². The second kappa shape index (κ2) is 11.0. The van der Waals surface area contributed by atoms with Crippen molar-refractivity contribution < 1.29 is 9.53 Å². The molecule has 160 valence electrons. The van der Waals surface area contributed by atoms with Crippen LogP contribution in [0.25, 0.3) is 0 Å². The number of ether oxygens (including phenoxy) is 1. The van der Waals surface area contributed by atoms with Crippen LogP contribution in [0.1, 0.15) is 26.7 Å². The summed E-state index contributed by atoms with van der Waals surface area (Å²) in [6, 6.07) is 0.445. The lowest BCUT2D eigenvalue weighted by Crippen LogP contribution is -2.54. The molecule has 2 saturated heterocycles. The highest BCUT2D eigenvalue weighted by atomic mass is 16.5. The van der Waals surface area contributed by atoms with Crippen molar-refractivity contribution in [2.45, 2.75) is 32.7 Å². The average molecular weight is 395 g/mol. The molecule has 1 saturated carbocycles. The maximum atomic E-state index is 12.0. The molecule has 8 heteroatoms. The molecule has 0 radical (unpaired) electrons. The smallest absolute Gasteiger partial charge is 0.234 e. The van der Waals surface area contributed by atoms with Crippen LogP contribution < -0.4 is 10.6 Å². The molecule has 1 atom stereocenters. The highest BCUT2D eigenvalue weighted by Gasteiger charge is 2.26. The Balaban J connectivity index is 1.41. The van der Waals surface area contributed by atoms with E-state index in [1.807, 2.05) is 0 Å². The monoisotopic (exact) mass is 394 g/mol. The fourth-order valence-corrected chi connectivity index (χ4v) is 3.77. The highest BCUT2D eigenvalue weighted by molar-refractivity contribution is 5.80. The summed E-state index contributed by atoms with van der Waals surface area (Å²) in [4.78, 5) is 24.0. The Hall–Kier alpha value is -1.38. The van der Waals surface area contributed by atoms with Gasteiger partial charge in [0.2, 0.25) is 5.91 Å². The van der Waals surface area contributed by atoms with Crippen LogP contribution in [0, 0.1) is 5.92 Å². The van der Waals surface area contributed by atoms with E-state index in [-0.39, 0.29) is 5.91 Å². The summed E-state index contributed by atoms with van der Waals surface area (Å²) < 4.78 is 5.43. The van der Waals surface area contributed by atoms with Gasteiger partial charge in [0.1, 0.15) is 0 Å². The van der Waals surface area contributed by atoms with Gasteiger partial charge >= 0.3 is 0 Å². The van der Waals surface area contributed by atoms with Gasteiger partial charge < -0.3 is 20.3 Å². The van der Waals surface area contributed by atoms with Crippen molar-refractivity contribution in [1.82, 2.24) is 25.3 Å². The average Bonchev–Trinajstić information content (AvgIpc) is 3.50. The standard InChI is InChI=1S/C20H38N6O2/c1-3-21-20(22-14-17(2)15-25-10-12-28-13-11-25)26-8-6-24(7-9-26)16-19(27)23-18-4-5-18/h17-18H,3-16H2,1-2H3,(H,21,22)(H,23,27). The first-order chi connectivity index (χ1) is 13.6. The second-order valence-electron chi connectivity index (χ2n) is 8.32. The van der Waals surface area contributed by atoms with E-state index in [0.29, 0.717) is 18.5 Å². The minimum atomic E-state index is 0.175. The molecule has 2 heterocycles. The van der Waals surface area contributed by atoms with Crippen LogP contribution in [0.3, 0.4) is 0 Å². The third-order valence-electron chi connectivity index (χ3n) is 5.54. The molecule has 0 aromatic carbocycles. The number of carbonyl (C=O) groups is 1. The van der Waals surface area contributed by atoms with E-state index in [0.717, 1.165) is 90.9 Å². The van der Waals surface area contributed by atoms with Gasteiger partial charge in [0, 0.05) is 64.9 Å². The normalized spacial score (nSPS) is 23.5. The third kappa shape index (κ3) is 7.22. The number of amides is 1. The van der Waals surface area contributed by atoms with E-state index < -0.39 is 0 Å². The van der Waals surface area contributed by atoms with Gasteiger partial charge in [-0.25, -0.2) is 0 Å². The summed E-state index contributed by atoms with van der Waals surface area (Å²) in [5.74, 6) is 1.71. The molecule has 8 nitrogen and oxygen atoms in total. The number of rotatable bonds is 8. The molecule has 0 aromatic rings. The first-order valence-corrected chi connectivity index (χ1v) is 11.0. The van der Waals surface area contributed by atoms with Crippen LogP contribution in [0.15, 0.2) is 4.99 Å². The van der Waals surface area contributed by atoms with Crippen LogP contribution in [-0.4, -0.2) is 111 Å². The molecular weight excluding hydrogens is 356 g/mol. The van der Waals surface area contributed by atoms with E-state index in [9.17, 15) is 4.79 Å². The van der Waals surface area contributed by atoms with Gasteiger partial charge in [-0.3, -0.25) is 19.6 Å². The molecule has 1 unspecified atom stereocenters. The summed E-state index contributed by atoms with van der Waals surface area (Å²) in [5, 5.41) is 6.53. The first kappa shape index (κ1) is 21.3. The molecule has 3 rings (SSSR count). The zero-order valence-electron chi connectivity index (χ0n) is 17.7. The molecule has 0 bridgehead atoms. The molecule has 2 aliphatic heterocycles. The molecule has 3 fully saturated rings. The van der Waals surface area contributed by atoms with Gasteiger partial charge in [-0.05, 0) is 25.7 Å². The largest absolute Gasteiger partial charge is 0.379 e. The van der Waals surface area contributed by atoms with E-state index >= 15 is 0 Å². The van der Waals surface area contributed by atoms with Crippen molar-refractivity contribution >= 4 is 11.9 Å². The van der Waals surface area contributed by atoms with Gasteiger partial charge in [-0.2, -0.15) is 0 Å². The Morgan fingerprint density at radius 1 is 1.11 bits per heavy atom. The number of morpholine rings is 1. The van der Waals surface area contributed by atoms with Crippen LogP contribution in [-0.2, 0) is 9.53 Å². The topological polar surface area (TPSA) is 72.4 Å². The fourth-order valence-electron chi connectivity index (χ4n) is 3.77. The summed E-state index contributed by atoms with van der Waals surface area (Å²) >= 11 is 0. The van der Waals surface area contributed by atoms with Gasteiger partial charge in [0.25, 0.3) is 0 Å². The number of piperazine rings is 1. The number of nitrogens with one attached hydrogen (secondary N) is 2. The zero-order valence-corrected chi connectivity index (χ0v) is 17.7. The van der Waals surface area contributed by atoms with Crippen molar-refractivity contribution in [3.63, 3.8) is 0 Å². The Bertz CT molecular complexity index is 511. The van der Waals surface area contributed by atoms with E-state index in [2.05, 4.69) is 39.2 Å². The minimum Gasteiger partial charge on any atom is -0.379 e. The lowest BCUT2D eigenvalue weighted by atomic mass is 10.1. The maximum Gasteiger partial charge on any atom is 0.234 e. The SMILES string of the molecule is CCNC(=NCC(C)CN1CCOCC1)N1CCN(CC(=O)NC2CC2)CC1. The van der Waals surface area contributed by atoms with Gasteiger partial charge in [-0.1, -0.05) is 6.92 Å². The van der Waals surface area contributed by atoms with Crippen LogP contribution in [0.5, 0.6) is 0 Å². The molecule has 28 heavy (non-hydrogen) atoms. The molecule has 2 N–H and O–H groups in total. The summed E-state index contributed by atoms with van der Waals surface area (Å²) in [6.07, 6.45) is 2.29. The van der Waals surface area contributed by atoms with Crippen molar-refractivity contribution in [2.75, 3.05) is 78.7 Å². The highest BCUT2D eigenvalue weighted by Crippen LogP contribution is 2.18. The number of aliphatic imine (C=N–C) groups is 1. The number of hydrogen-bond acceptors (Lipinski definition) is 5. The molecule has 0 aromatic heterocycles. The molecule has 0 spiro atoms. The number of guanidine groups is 1. The molecule has 1 amide bonds. The quantitative estimate of drug-likeness (QED) is 0.439. The summed E-state index contributed by atoms with van der Waals surface area (Å²) in [6.45, 7) is 15.1.